The van der Waals surface area contributed by atoms with Crippen molar-refractivity contribution < 1.29 is 9.53 Å². The summed E-state index contributed by atoms with van der Waals surface area (Å²) in [6.07, 6.45) is 1.39. The highest BCUT2D eigenvalue weighted by Crippen LogP contribution is 2.16. The first-order chi connectivity index (χ1) is 11.6. The van der Waals surface area contributed by atoms with Crippen LogP contribution in [0.1, 0.15) is 5.56 Å². The van der Waals surface area contributed by atoms with Gasteiger partial charge in [-0.3, -0.25) is 14.2 Å². The third-order valence-electron chi connectivity index (χ3n) is 3.65. The molecule has 0 aliphatic rings. The van der Waals surface area contributed by atoms with E-state index in [-0.39, 0.29) is 18.0 Å². The van der Waals surface area contributed by atoms with Crippen molar-refractivity contribution in [1.82, 2.24) is 9.55 Å². The molecule has 0 bridgehead atoms. The van der Waals surface area contributed by atoms with Crippen LogP contribution in [-0.2, 0) is 11.3 Å². The van der Waals surface area contributed by atoms with Gasteiger partial charge in [-0.1, -0.05) is 17.7 Å². The summed E-state index contributed by atoms with van der Waals surface area (Å²) in [5.41, 5.74) is 1.97. The number of carbonyl (C=O) groups excluding carboxylic acids is 1. The number of nitrogens with one attached hydrogen (secondary N) is 1. The minimum atomic E-state index is -0.306. The molecule has 0 atom stereocenters. The average molecular weight is 323 g/mol. The van der Waals surface area contributed by atoms with Crippen LogP contribution in [0.2, 0.25) is 0 Å². The maximum absolute atomic E-state index is 12.5. The predicted octanol–water partition coefficient (Wildman–Crippen LogP) is 2.35. The van der Waals surface area contributed by atoms with E-state index in [2.05, 4.69) is 10.3 Å². The van der Waals surface area contributed by atoms with Crippen molar-refractivity contribution in [2.75, 3.05) is 12.4 Å². The van der Waals surface area contributed by atoms with Gasteiger partial charge in [0.05, 0.1) is 24.3 Å². The Hall–Kier alpha value is -3.15. The third kappa shape index (κ3) is 3.27. The van der Waals surface area contributed by atoms with Crippen molar-refractivity contribution in [1.29, 1.82) is 0 Å². The lowest BCUT2D eigenvalue weighted by Crippen LogP contribution is -2.27. The summed E-state index contributed by atoms with van der Waals surface area (Å²) in [6, 6.07) is 12.5. The van der Waals surface area contributed by atoms with Crippen molar-refractivity contribution in [3.63, 3.8) is 0 Å². The van der Waals surface area contributed by atoms with E-state index in [4.69, 9.17) is 4.74 Å². The molecule has 0 radical (unpaired) electrons. The van der Waals surface area contributed by atoms with Gasteiger partial charge < -0.3 is 10.1 Å². The summed E-state index contributed by atoms with van der Waals surface area (Å²) in [5, 5.41) is 3.25. The molecular formula is C18H17N3O3. The molecule has 2 aromatic carbocycles. The Morgan fingerprint density at radius 2 is 2.08 bits per heavy atom. The Morgan fingerprint density at radius 1 is 1.25 bits per heavy atom. The summed E-state index contributed by atoms with van der Waals surface area (Å²) in [5.74, 6) is 0.340. The van der Waals surface area contributed by atoms with Crippen molar-refractivity contribution in [3.8, 4) is 5.75 Å². The second kappa shape index (κ2) is 6.54. The number of aryl methyl sites for hydroxylation is 1. The van der Waals surface area contributed by atoms with Crippen molar-refractivity contribution in [3.05, 3.63) is 64.7 Å². The maximum Gasteiger partial charge on any atom is 0.261 e. The van der Waals surface area contributed by atoms with E-state index in [1.165, 1.54) is 10.9 Å². The Morgan fingerprint density at radius 3 is 2.88 bits per heavy atom. The zero-order valence-electron chi connectivity index (χ0n) is 13.4. The van der Waals surface area contributed by atoms with Gasteiger partial charge in [0.2, 0.25) is 5.91 Å². The number of ether oxygens (including phenoxy) is 1. The number of amides is 1. The fraction of sp³-hybridized carbons (Fsp3) is 0.167. The molecule has 6 nitrogen and oxygen atoms in total. The standard InChI is InChI=1S/C18H17N3O3/c1-12-6-7-16-15(8-12)18(23)21(11-19-16)10-17(22)20-13-4-3-5-14(9-13)24-2/h3-9,11H,10H2,1-2H3,(H,20,22). The molecule has 0 aliphatic heterocycles. The molecule has 0 unspecified atom stereocenters. The molecule has 1 N–H and O–H groups in total. The second-order valence-corrected chi connectivity index (χ2v) is 5.48. The van der Waals surface area contributed by atoms with Crippen molar-refractivity contribution in [2.24, 2.45) is 0 Å². The number of aromatic nitrogens is 2. The lowest BCUT2D eigenvalue weighted by molar-refractivity contribution is -0.116. The second-order valence-electron chi connectivity index (χ2n) is 5.48. The van der Waals surface area contributed by atoms with Gasteiger partial charge in [0.25, 0.3) is 5.56 Å². The molecule has 0 saturated carbocycles. The fourth-order valence-corrected chi connectivity index (χ4v) is 2.44. The molecule has 1 heterocycles. The summed E-state index contributed by atoms with van der Waals surface area (Å²) in [4.78, 5) is 28.9. The van der Waals surface area contributed by atoms with Crippen LogP contribution in [0.15, 0.2) is 53.6 Å². The number of anilines is 1. The molecule has 0 aliphatic carbocycles. The van der Waals surface area contributed by atoms with E-state index in [9.17, 15) is 9.59 Å². The SMILES string of the molecule is COc1cccc(NC(=O)Cn2cnc3ccc(C)cc3c2=O)c1. The molecule has 24 heavy (non-hydrogen) atoms. The summed E-state index contributed by atoms with van der Waals surface area (Å²) in [6.45, 7) is 1.80. The molecule has 122 valence electrons. The van der Waals surface area contributed by atoms with E-state index in [1.807, 2.05) is 13.0 Å². The number of fused-ring (bicyclic) bond motifs is 1. The van der Waals surface area contributed by atoms with E-state index in [1.54, 1.807) is 43.5 Å². The highest BCUT2D eigenvalue weighted by Gasteiger charge is 2.09. The van der Waals surface area contributed by atoms with Crippen molar-refractivity contribution in [2.45, 2.75) is 13.5 Å². The van der Waals surface area contributed by atoms with Gasteiger partial charge in [0.15, 0.2) is 0 Å². The Balaban J connectivity index is 1.82. The average Bonchev–Trinajstić information content (AvgIpc) is 2.58. The van der Waals surface area contributed by atoms with E-state index in [0.717, 1.165) is 5.56 Å². The maximum atomic E-state index is 12.5. The van der Waals surface area contributed by atoms with Gasteiger partial charge in [-0.2, -0.15) is 0 Å². The molecule has 0 saturated heterocycles. The number of hydrogen-bond donors (Lipinski definition) is 1. The molecule has 0 fully saturated rings. The van der Waals surface area contributed by atoms with Gasteiger partial charge in [0, 0.05) is 11.8 Å². The number of methoxy groups -OCH3 is 1. The van der Waals surface area contributed by atoms with E-state index in [0.29, 0.717) is 22.3 Å². The fourth-order valence-electron chi connectivity index (χ4n) is 2.44. The van der Waals surface area contributed by atoms with E-state index < -0.39 is 0 Å². The lowest BCUT2D eigenvalue weighted by Gasteiger charge is -2.09. The van der Waals surface area contributed by atoms with Crippen LogP contribution in [0.5, 0.6) is 5.75 Å². The topological polar surface area (TPSA) is 73.2 Å². The Kier molecular flexibility index (Phi) is 4.29. The van der Waals surface area contributed by atoms with Gasteiger partial charge in [-0.15, -0.1) is 0 Å². The zero-order chi connectivity index (χ0) is 17.1. The Bertz CT molecular complexity index is 963. The normalized spacial score (nSPS) is 10.6. The number of carbonyl (C=O) groups is 1. The van der Waals surface area contributed by atoms with Gasteiger partial charge in [0.1, 0.15) is 12.3 Å². The monoisotopic (exact) mass is 323 g/mol. The highest BCUT2D eigenvalue weighted by molar-refractivity contribution is 5.91. The number of rotatable bonds is 4. The van der Waals surface area contributed by atoms with Crippen LogP contribution >= 0.6 is 0 Å². The van der Waals surface area contributed by atoms with Crippen LogP contribution in [-0.4, -0.2) is 22.6 Å². The molecular weight excluding hydrogens is 306 g/mol. The lowest BCUT2D eigenvalue weighted by atomic mass is 10.2. The first kappa shape index (κ1) is 15.7. The minimum absolute atomic E-state index is 0.104. The molecule has 0 spiro atoms. The molecule has 6 heteroatoms. The summed E-state index contributed by atoms with van der Waals surface area (Å²) >= 11 is 0. The zero-order valence-corrected chi connectivity index (χ0v) is 13.4. The predicted molar refractivity (Wildman–Crippen MR) is 92.4 cm³/mol. The first-order valence-corrected chi connectivity index (χ1v) is 7.46. The van der Waals surface area contributed by atoms with Crippen LogP contribution < -0.4 is 15.6 Å². The van der Waals surface area contributed by atoms with E-state index >= 15 is 0 Å². The van der Waals surface area contributed by atoms with Crippen LogP contribution in [0.25, 0.3) is 10.9 Å². The molecule has 3 rings (SSSR count). The number of benzene rings is 2. The summed E-state index contributed by atoms with van der Waals surface area (Å²) < 4.78 is 6.42. The molecule has 1 aromatic heterocycles. The number of hydrogen-bond acceptors (Lipinski definition) is 4. The largest absolute Gasteiger partial charge is 0.497 e. The molecule has 1 amide bonds. The number of nitrogens with zero attached hydrogens (tertiary/aromatic N) is 2. The van der Waals surface area contributed by atoms with Crippen LogP contribution in [0.4, 0.5) is 5.69 Å². The van der Waals surface area contributed by atoms with Gasteiger partial charge >= 0.3 is 0 Å². The van der Waals surface area contributed by atoms with Gasteiger partial charge in [-0.05, 0) is 31.2 Å². The molecule has 3 aromatic rings. The highest BCUT2D eigenvalue weighted by atomic mass is 16.5. The minimum Gasteiger partial charge on any atom is -0.497 e. The Labute approximate surface area is 138 Å². The first-order valence-electron chi connectivity index (χ1n) is 7.46. The third-order valence-corrected chi connectivity index (χ3v) is 3.65. The quantitative estimate of drug-likeness (QED) is 0.800. The van der Waals surface area contributed by atoms with Crippen molar-refractivity contribution >= 4 is 22.5 Å². The summed E-state index contributed by atoms with van der Waals surface area (Å²) in [7, 11) is 1.56. The van der Waals surface area contributed by atoms with Gasteiger partial charge in [-0.25, -0.2) is 4.98 Å². The smallest absolute Gasteiger partial charge is 0.261 e. The van der Waals surface area contributed by atoms with Crippen LogP contribution in [0, 0.1) is 6.92 Å². The van der Waals surface area contributed by atoms with Crippen LogP contribution in [0.3, 0.4) is 0 Å².